The highest BCUT2D eigenvalue weighted by atomic mass is 35.5. The molecule has 8 heteroatoms. The molecule has 1 fully saturated rings. The van der Waals surface area contributed by atoms with E-state index in [0.717, 1.165) is 11.1 Å². The van der Waals surface area contributed by atoms with Crippen molar-refractivity contribution in [2.24, 2.45) is 0 Å². The van der Waals surface area contributed by atoms with E-state index >= 15 is 0 Å². The third kappa shape index (κ3) is 5.12. The van der Waals surface area contributed by atoms with E-state index in [1.165, 1.54) is 6.07 Å². The van der Waals surface area contributed by atoms with Crippen LogP contribution in [0.4, 0.5) is 8.78 Å². The molecule has 1 unspecified atom stereocenters. The second-order valence-electron chi connectivity index (χ2n) is 6.19. The Hall–Kier alpha value is -2.25. The second kappa shape index (κ2) is 8.42. The van der Waals surface area contributed by atoms with Crippen molar-refractivity contribution in [2.75, 3.05) is 6.54 Å². The van der Waals surface area contributed by atoms with Gasteiger partial charge in [-0.3, -0.25) is 14.9 Å². The highest BCUT2D eigenvalue weighted by Crippen LogP contribution is 2.25. The summed E-state index contributed by atoms with van der Waals surface area (Å²) >= 11 is 0. The van der Waals surface area contributed by atoms with Crippen LogP contribution in [0.5, 0.6) is 0 Å². The number of aromatic nitrogens is 1. The molecule has 2 N–H and O–H groups in total. The van der Waals surface area contributed by atoms with Crippen molar-refractivity contribution >= 4 is 18.3 Å². The fourth-order valence-corrected chi connectivity index (χ4v) is 2.76. The van der Waals surface area contributed by atoms with Crippen molar-refractivity contribution < 1.29 is 13.6 Å². The number of carbonyl (C=O) groups excluding carboxylic acids is 1. The maximum absolute atomic E-state index is 13.1. The molecule has 140 valence electrons. The maximum atomic E-state index is 13.1. The summed E-state index contributed by atoms with van der Waals surface area (Å²) in [5.74, 6) is -3.24. The Balaban J connectivity index is 0.00000243. The molecular weight excluding hydrogens is 364 g/mol. The second-order valence-corrected chi connectivity index (χ2v) is 6.19. The molecule has 1 aliphatic rings. The molecule has 3 rings (SSSR count). The van der Waals surface area contributed by atoms with E-state index in [2.05, 4.69) is 10.6 Å². The van der Waals surface area contributed by atoms with Gasteiger partial charge in [-0.2, -0.15) is 0 Å². The van der Waals surface area contributed by atoms with Crippen LogP contribution in [-0.4, -0.2) is 29.0 Å². The largest absolute Gasteiger partial charge is 0.351 e. The van der Waals surface area contributed by atoms with Crippen LogP contribution in [0, 0.1) is 0 Å². The normalized spacial score (nSPS) is 18.2. The third-order valence-electron chi connectivity index (χ3n) is 4.17. The Labute approximate surface area is 155 Å². The fraction of sp³-hybridized carbons (Fsp3) is 0.333. The van der Waals surface area contributed by atoms with Crippen LogP contribution in [0.3, 0.4) is 0 Å². The quantitative estimate of drug-likeness (QED) is 0.829. The van der Waals surface area contributed by atoms with E-state index in [4.69, 9.17) is 0 Å². The molecule has 26 heavy (non-hydrogen) atoms. The molecule has 1 aromatic carbocycles. The predicted molar refractivity (Wildman–Crippen MR) is 96.7 cm³/mol. The summed E-state index contributed by atoms with van der Waals surface area (Å²) in [6.45, 7) is 0.278. The molecule has 1 saturated heterocycles. The number of hydrogen-bond acceptors (Lipinski definition) is 3. The van der Waals surface area contributed by atoms with Gasteiger partial charge in [0.15, 0.2) is 0 Å². The number of nitrogens with one attached hydrogen (secondary N) is 2. The van der Waals surface area contributed by atoms with Crippen molar-refractivity contribution in [3.63, 3.8) is 0 Å². The van der Waals surface area contributed by atoms with Gasteiger partial charge in [0.25, 0.3) is 11.5 Å². The monoisotopic (exact) mass is 383 g/mol. The molecule has 0 saturated carbocycles. The van der Waals surface area contributed by atoms with Gasteiger partial charge in [-0.15, -0.1) is 12.4 Å². The first-order valence-corrected chi connectivity index (χ1v) is 8.05. The first-order valence-electron chi connectivity index (χ1n) is 8.05. The zero-order valence-corrected chi connectivity index (χ0v) is 14.8. The lowest BCUT2D eigenvalue weighted by atomic mass is 10.1. The number of hydrogen-bond donors (Lipinski definition) is 2. The summed E-state index contributed by atoms with van der Waals surface area (Å²) in [6.07, 6.45) is 1.25. The summed E-state index contributed by atoms with van der Waals surface area (Å²) in [6, 6.07) is 11.6. The smallest absolute Gasteiger partial charge is 0.262 e. The Morgan fingerprint density at radius 1 is 1.19 bits per heavy atom. The molecule has 1 atom stereocenters. The van der Waals surface area contributed by atoms with Gasteiger partial charge in [0.1, 0.15) is 0 Å². The van der Waals surface area contributed by atoms with Crippen LogP contribution >= 0.6 is 12.4 Å². The summed E-state index contributed by atoms with van der Waals surface area (Å²) < 4.78 is 27.8. The summed E-state index contributed by atoms with van der Waals surface area (Å²) in [5, 5.41) is 5.20. The van der Waals surface area contributed by atoms with Gasteiger partial charge in [0.2, 0.25) is 5.91 Å². The molecular formula is C18H20ClF2N3O2. The van der Waals surface area contributed by atoms with Crippen LogP contribution in [0.2, 0.25) is 0 Å². The van der Waals surface area contributed by atoms with Gasteiger partial charge in [0.05, 0.1) is 19.1 Å². The van der Waals surface area contributed by atoms with Gasteiger partial charge in [-0.05, 0) is 17.2 Å². The van der Waals surface area contributed by atoms with Gasteiger partial charge in [-0.25, -0.2) is 8.78 Å². The summed E-state index contributed by atoms with van der Waals surface area (Å²) in [4.78, 5) is 23.6. The molecule has 0 radical (unpaired) electrons. The molecule has 2 heterocycles. The Morgan fingerprint density at radius 3 is 2.50 bits per heavy atom. The number of alkyl halides is 2. The first-order chi connectivity index (χ1) is 11.9. The maximum Gasteiger partial charge on any atom is 0.262 e. The van der Waals surface area contributed by atoms with Crippen LogP contribution in [0.15, 0.2) is 53.5 Å². The van der Waals surface area contributed by atoms with Crippen molar-refractivity contribution in [2.45, 2.75) is 31.5 Å². The zero-order chi connectivity index (χ0) is 17.9. The average molecular weight is 384 g/mol. The molecule has 2 aromatic rings. The minimum Gasteiger partial charge on any atom is -0.351 e. The Bertz CT molecular complexity index is 809. The van der Waals surface area contributed by atoms with Gasteiger partial charge in [0, 0.05) is 25.2 Å². The third-order valence-corrected chi connectivity index (χ3v) is 4.17. The minimum atomic E-state index is -2.82. The SMILES string of the molecule is Cl.O=C(NCc1ccc(Cn2ccccc2=O)cc1)C1CC(F)(F)CN1. The fourth-order valence-electron chi connectivity index (χ4n) is 2.76. The lowest BCUT2D eigenvalue weighted by molar-refractivity contribution is -0.123. The van der Waals surface area contributed by atoms with E-state index < -0.39 is 30.8 Å². The number of benzene rings is 1. The van der Waals surface area contributed by atoms with Crippen LogP contribution in [0.25, 0.3) is 0 Å². The van der Waals surface area contributed by atoms with E-state index in [1.807, 2.05) is 24.3 Å². The van der Waals surface area contributed by atoms with Crippen molar-refractivity contribution in [1.29, 1.82) is 0 Å². The number of rotatable bonds is 5. The molecule has 0 spiro atoms. The molecule has 1 aliphatic heterocycles. The zero-order valence-electron chi connectivity index (χ0n) is 14.0. The van der Waals surface area contributed by atoms with Crippen molar-refractivity contribution in [3.05, 3.63) is 70.1 Å². The molecule has 1 amide bonds. The lowest BCUT2D eigenvalue weighted by Crippen LogP contribution is -2.40. The minimum absolute atomic E-state index is 0. The van der Waals surface area contributed by atoms with Crippen molar-refractivity contribution in [3.8, 4) is 0 Å². The average Bonchev–Trinajstić information content (AvgIpc) is 2.96. The molecule has 5 nitrogen and oxygen atoms in total. The number of amides is 1. The van der Waals surface area contributed by atoms with Gasteiger partial charge >= 0.3 is 0 Å². The standard InChI is InChI=1S/C18H19F2N3O2.ClH/c19-18(20)9-15(22-12-18)17(25)21-10-13-4-6-14(7-5-13)11-23-8-2-1-3-16(23)24;/h1-8,15,22H,9-12H2,(H,21,25);1H. The van der Waals surface area contributed by atoms with E-state index in [9.17, 15) is 18.4 Å². The molecule has 0 aliphatic carbocycles. The highest BCUT2D eigenvalue weighted by Gasteiger charge is 2.42. The lowest BCUT2D eigenvalue weighted by Gasteiger charge is -2.12. The molecule has 1 aromatic heterocycles. The highest BCUT2D eigenvalue weighted by molar-refractivity contribution is 5.85. The molecule has 0 bridgehead atoms. The van der Waals surface area contributed by atoms with Gasteiger partial charge < -0.3 is 9.88 Å². The first kappa shape index (κ1) is 20.1. The number of halogens is 3. The predicted octanol–water partition coefficient (Wildman–Crippen LogP) is 1.93. The van der Waals surface area contributed by atoms with E-state index in [0.29, 0.717) is 6.54 Å². The topological polar surface area (TPSA) is 63.1 Å². The Kier molecular flexibility index (Phi) is 6.50. The van der Waals surface area contributed by atoms with E-state index in [-0.39, 0.29) is 24.5 Å². The number of nitrogens with zero attached hydrogens (tertiary/aromatic N) is 1. The number of pyridine rings is 1. The number of carbonyl (C=O) groups is 1. The van der Waals surface area contributed by atoms with Gasteiger partial charge in [-0.1, -0.05) is 30.3 Å². The van der Waals surface area contributed by atoms with Crippen LogP contribution < -0.4 is 16.2 Å². The van der Waals surface area contributed by atoms with Crippen LogP contribution in [-0.2, 0) is 17.9 Å². The summed E-state index contributed by atoms with van der Waals surface area (Å²) in [7, 11) is 0. The Morgan fingerprint density at radius 2 is 1.88 bits per heavy atom. The van der Waals surface area contributed by atoms with E-state index in [1.54, 1.807) is 22.9 Å². The van der Waals surface area contributed by atoms with Crippen molar-refractivity contribution in [1.82, 2.24) is 15.2 Å². The summed E-state index contributed by atoms with van der Waals surface area (Å²) in [5.41, 5.74) is 1.75. The van der Waals surface area contributed by atoms with Crippen LogP contribution in [0.1, 0.15) is 17.5 Å².